The van der Waals surface area contributed by atoms with E-state index in [1.165, 1.54) is 6.07 Å². The molecule has 0 aliphatic carbocycles. The molecule has 0 heterocycles. The molecule has 0 bridgehead atoms. The SMILES string of the molecule is O=[N+]([O-])c1ccc(Oc2ccccc2)cc1[N+](=O)[O-]. The van der Waals surface area contributed by atoms with Crippen LogP contribution in [0.2, 0.25) is 0 Å². The standard InChI is InChI=1S/C12H8N2O5/c15-13(16)11-7-6-10(8-12(11)14(17)18)19-9-4-2-1-3-5-9/h1-8H. The molecule has 0 saturated heterocycles. The lowest BCUT2D eigenvalue weighted by molar-refractivity contribution is -0.422. The lowest BCUT2D eigenvalue weighted by Gasteiger charge is -2.04. The molecule has 0 amide bonds. The van der Waals surface area contributed by atoms with Crippen LogP contribution < -0.4 is 4.74 Å². The number of nitrogens with zero attached hydrogens (tertiary/aromatic N) is 2. The Morgan fingerprint density at radius 2 is 1.42 bits per heavy atom. The molecule has 0 spiro atoms. The molecule has 0 atom stereocenters. The van der Waals surface area contributed by atoms with Gasteiger partial charge in [-0.15, -0.1) is 0 Å². The van der Waals surface area contributed by atoms with Crippen LogP contribution in [0.4, 0.5) is 11.4 Å². The molecule has 0 radical (unpaired) electrons. The monoisotopic (exact) mass is 260 g/mol. The van der Waals surface area contributed by atoms with Crippen LogP contribution in [0.25, 0.3) is 0 Å². The third-order valence-corrected chi connectivity index (χ3v) is 2.32. The van der Waals surface area contributed by atoms with Crippen molar-refractivity contribution in [2.45, 2.75) is 0 Å². The highest BCUT2D eigenvalue weighted by atomic mass is 16.6. The van der Waals surface area contributed by atoms with Gasteiger partial charge in [-0.2, -0.15) is 0 Å². The Morgan fingerprint density at radius 3 is 2.00 bits per heavy atom. The first-order valence-corrected chi connectivity index (χ1v) is 5.23. The van der Waals surface area contributed by atoms with Gasteiger partial charge in [-0.05, 0) is 18.2 Å². The van der Waals surface area contributed by atoms with E-state index in [-0.39, 0.29) is 5.75 Å². The lowest BCUT2D eigenvalue weighted by Crippen LogP contribution is -1.97. The van der Waals surface area contributed by atoms with Crippen LogP contribution >= 0.6 is 0 Å². The molecule has 2 rings (SSSR count). The third kappa shape index (κ3) is 2.83. The van der Waals surface area contributed by atoms with Crippen molar-refractivity contribution in [1.29, 1.82) is 0 Å². The van der Waals surface area contributed by atoms with E-state index in [4.69, 9.17) is 4.74 Å². The summed E-state index contributed by atoms with van der Waals surface area (Å²) in [7, 11) is 0. The molecule has 7 nitrogen and oxygen atoms in total. The van der Waals surface area contributed by atoms with Crippen molar-refractivity contribution < 1.29 is 14.6 Å². The molecule has 2 aromatic carbocycles. The van der Waals surface area contributed by atoms with Gasteiger partial charge in [0.25, 0.3) is 0 Å². The largest absolute Gasteiger partial charge is 0.457 e. The zero-order valence-electron chi connectivity index (χ0n) is 9.55. The van der Waals surface area contributed by atoms with E-state index < -0.39 is 21.2 Å². The maximum Gasteiger partial charge on any atom is 0.349 e. The van der Waals surface area contributed by atoms with Crippen LogP contribution in [0.5, 0.6) is 11.5 Å². The van der Waals surface area contributed by atoms with E-state index in [1.807, 2.05) is 0 Å². The number of ether oxygens (including phenoxy) is 1. The Balaban J connectivity index is 2.36. The van der Waals surface area contributed by atoms with E-state index in [9.17, 15) is 20.2 Å². The molecule has 7 heteroatoms. The van der Waals surface area contributed by atoms with Gasteiger partial charge in [0.15, 0.2) is 0 Å². The van der Waals surface area contributed by atoms with Crippen molar-refractivity contribution in [1.82, 2.24) is 0 Å². The highest BCUT2D eigenvalue weighted by Gasteiger charge is 2.24. The molecule has 0 N–H and O–H groups in total. The van der Waals surface area contributed by atoms with Gasteiger partial charge < -0.3 is 4.74 Å². The first-order valence-electron chi connectivity index (χ1n) is 5.23. The van der Waals surface area contributed by atoms with Gasteiger partial charge in [-0.25, -0.2) is 0 Å². The first-order chi connectivity index (χ1) is 9.08. The van der Waals surface area contributed by atoms with E-state index in [2.05, 4.69) is 0 Å². The second kappa shape index (κ2) is 5.13. The predicted octanol–water partition coefficient (Wildman–Crippen LogP) is 3.30. The number of rotatable bonds is 4. The predicted molar refractivity (Wildman–Crippen MR) is 66.3 cm³/mol. The molecule has 0 aliphatic heterocycles. The van der Waals surface area contributed by atoms with Gasteiger partial charge in [0.1, 0.15) is 11.5 Å². The zero-order valence-corrected chi connectivity index (χ0v) is 9.55. The van der Waals surface area contributed by atoms with E-state index in [0.29, 0.717) is 5.75 Å². The van der Waals surface area contributed by atoms with Crippen molar-refractivity contribution in [3.05, 3.63) is 68.8 Å². The van der Waals surface area contributed by atoms with Crippen LogP contribution in [0, 0.1) is 20.2 Å². The summed E-state index contributed by atoms with van der Waals surface area (Å²) in [4.78, 5) is 19.8. The number of hydrogen-bond donors (Lipinski definition) is 0. The second-order valence-electron chi connectivity index (χ2n) is 3.58. The van der Waals surface area contributed by atoms with Gasteiger partial charge in [-0.3, -0.25) is 20.2 Å². The molecule has 0 fully saturated rings. The fourth-order valence-electron chi connectivity index (χ4n) is 1.49. The van der Waals surface area contributed by atoms with Crippen LogP contribution in [0.3, 0.4) is 0 Å². The van der Waals surface area contributed by atoms with Crippen molar-refractivity contribution in [2.75, 3.05) is 0 Å². The average molecular weight is 260 g/mol. The fourth-order valence-corrected chi connectivity index (χ4v) is 1.49. The van der Waals surface area contributed by atoms with Crippen molar-refractivity contribution in [3.63, 3.8) is 0 Å². The highest BCUT2D eigenvalue weighted by molar-refractivity contribution is 5.56. The Hall–Kier alpha value is -2.96. The Labute approximate surface area is 107 Å². The minimum absolute atomic E-state index is 0.170. The second-order valence-corrected chi connectivity index (χ2v) is 3.58. The Kier molecular flexibility index (Phi) is 3.37. The average Bonchev–Trinajstić information content (AvgIpc) is 2.39. The minimum atomic E-state index is -0.810. The number of para-hydroxylation sites is 1. The van der Waals surface area contributed by atoms with Gasteiger partial charge in [0.2, 0.25) is 0 Å². The summed E-state index contributed by atoms with van der Waals surface area (Å²) >= 11 is 0. The van der Waals surface area contributed by atoms with Crippen molar-refractivity contribution in [2.24, 2.45) is 0 Å². The first kappa shape index (κ1) is 12.5. The molecule has 0 aliphatic rings. The number of nitro benzene ring substituents is 2. The van der Waals surface area contributed by atoms with Gasteiger partial charge in [-0.1, -0.05) is 18.2 Å². The summed E-state index contributed by atoms with van der Waals surface area (Å²) in [5.41, 5.74) is -1.16. The normalized spacial score (nSPS) is 9.89. The van der Waals surface area contributed by atoms with E-state index >= 15 is 0 Å². The molecule has 96 valence electrons. The summed E-state index contributed by atoms with van der Waals surface area (Å²) in [6.07, 6.45) is 0. The Morgan fingerprint density at radius 1 is 0.789 bits per heavy atom. The number of benzene rings is 2. The maximum absolute atomic E-state index is 10.8. The summed E-state index contributed by atoms with van der Waals surface area (Å²) in [5.74, 6) is 0.661. The molecule has 0 aromatic heterocycles. The maximum atomic E-state index is 10.8. The van der Waals surface area contributed by atoms with Crippen LogP contribution in [-0.4, -0.2) is 9.85 Å². The van der Waals surface area contributed by atoms with Gasteiger partial charge in [0, 0.05) is 6.07 Å². The summed E-state index contributed by atoms with van der Waals surface area (Å²) in [6.45, 7) is 0. The molecular weight excluding hydrogens is 252 g/mol. The van der Waals surface area contributed by atoms with Crippen molar-refractivity contribution >= 4 is 11.4 Å². The molecule has 2 aromatic rings. The number of nitro groups is 2. The highest BCUT2D eigenvalue weighted by Crippen LogP contribution is 2.32. The van der Waals surface area contributed by atoms with E-state index in [0.717, 1.165) is 12.1 Å². The minimum Gasteiger partial charge on any atom is -0.457 e. The van der Waals surface area contributed by atoms with Crippen LogP contribution in [0.1, 0.15) is 0 Å². The molecule has 0 unspecified atom stereocenters. The summed E-state index contributed by atoms with van der Waals surface area (Å²) in [5, 5.41) is 21.4. The quantitative estimate of drug-likeness (QED) is 0.620. The zero-order chi connectivity index (χ0) is 13.8. The van der Waals surface area contributed by atoms with Crippen LogP contribution in [-0.2, 0) is 0 Å². The van der Waals surface area contributed by atoms with E-state index in [1.54, 1.807) is 30.3 Å². The van der Waals surface area contributed by atoms with Crippen LogP contribution in [0.15, 0.2) is 48.5 Å². The molecular formula is C12H8N2O5. The van der Waals surface area contributed by atoms with Crippen molar-refractivity contribution in [3.8, 4) is 11.5 Å². The summed E-state index contributed by atoms with van der Waals surface area (Å²) < 4.78 is 5.38. The fraction of sp³-hybridized carbons (Fsp3) is 0. The molecule has 0 saturated carbocycles. The van der Waals surface area contributed by atoms with Gasteiger partial charge >= 0.3 is 11.4 Å². The Bertz CT molecular complexity index is 627. The topological polar surface area (TPSA) is 95.5 Å². The third-order valence-electron chi connectivity index (χ3n) is 2.32. The smallest absolute Gasteiger partial charge is 0.349 e. The van der Waals surface area contributed by atoms with Gasteiger partial charge in [0.05, 0.1) is 15.9 Å². The summed E-state index contributed by atoms with van der Waals surface area (Å²) in [6, 6.07) is 12.0. The number of hydrogen-bond acceptors (Lipinski definition) is 5. The lowest BCUT2D eigenvalue weighted by atomic mass is 10.2. The molecule has 19 heavy (non-hydrogen) atoms.